The first kappa shape index (κ1) is 39.2. The van der Waals surface area contributed by atoms with Crippen molar-refractivity contribution >= 4 is 11.6 Å². The van der Waals surface area contributed by atoms with Gasteiger partial charge in [-0.1, -0.05) is 39.0 Å². The Hall–Kier alpha value is -1.83. The Morgan fingerprint density at radius 2 is 0.837 bits per heavy atom. The average Bonchev–Trinajstić information content (AvgIpc) is 3.00. The fraction of sp³-hybridized carbons (Fsp3) is 0.781. The van der Waals surface area contributed by atoms with Gasteiger partial charge in [-0.3, -0.25) is 4.79 Å². The number of hydrogen-bond acceptors (Lipinski definition) is 10. The van der Waals surface area contributed by atoms with Gasteiger partial charge < -0.3 is 47.9 Å². The molecule has 43 heavy (non-hydrogen) atoms. The minimum Gasteiger partial charge on any atom is -0.491 e. The van der Waals surface area contributed by atoms with Crippen LogP contribution in [0.15, 0.2) is 24.3 Å². The second-order valence-electron chi connectivity index (χ2n) is 9.72. The van der Waals surface area contributed by atoms with E-state index in [1.54, 1.807) is 24.3 Å². The summed E-state index contributed by atoms with van der Waals surface area (Å²) < 4.78 is 49.6. The Bertz CT molecular complexity index is 723. The molecule has 0 heterocycles. The van der Waals surface area contributed by atoms with Crippen molar-refractivity contribution in [3.05, 3.63) is 24.3 Å². The monoisotopic (exact) mass is 615 g/mol. The second-order valence-corrected chi connectivity index (χ2v) is 9.72. The number of ether oxygens (including phenoxy) is 9. The molecule has 1 aromatic rings. The lowest BCUT2D eigenvalue weighted by Gasteiger charge is -2.09. The van der Waals surface area contributed by atoms with E-state index in [0.29, 0.717) is 106 Å². The first-order valence-corrected chi connectivity index (χ1v) is 15.8. The zero-order chi connectivity index (χ0) is 30.9. The van der Waals surface area contributed by atoms with Gasteiger partial charge in [-0.15, -0.1) is 0 Å². The molecule has 0 atom stereocenters. The lowest BCUT2D eigenvalue weighted by molar-refractivity contribution is -0.114. The van der Waals surface area contributed by atoms with Crippen molar-refractivity contribution in [2.45, 2.75) is 52.4 Å². The smallest absolute Gasteiger partial charge is 0.221 e. The molecule has 250 valence electrons. The number of amides is 1. The van der Waals surface area contributed by atoms with Crippen molar-refractivity contribution in [2.24, 2.45) is 0 Å². The lowest BCUT2D eigenvalue weighted by atomic mass is 10.1. The van der Waals surface area contributed by atoms with Crippen LogP contribution in [-0.4, -0.2) is 118 Å². The molecule has 0 radical (unpaired) electrons. The van der Waals surface area contributed by atoms with Gasteiger partial charge in [0.05, 0.1) is 99.1 Å². The number of carbonyl (C=O) groups is 1. The highest BCUT2D eigenvalue weighted by atomic mass is 16.6. The molecule has 0 saturated carbocycles. The molecule has 1 amide bonds. The van der Waals surface area contributed by atoms with Crippen LogP contribution in [0.5, 0.6) is 5.75 Å². The Labute approximate surface area is 259 Å². The molecule has 0 aliphatic carbocycles. The number of nitrogens with one attached hydrogen (secondary N) is 1. The predicted molar refractivity (Wildman–Crippen MR) is 166 cm³/mol. The van der Waals surface area contributed by atoms with E-state index in [-0.39, 0.29) is 5.91 Å². The van der Waals surface area contributed by atoms with Gasteiger partial charge in [-0.2, -0.15) is 0 Å². The van der Waals surface area contributed by atoms with Gasteiger partial charge in [0.15, 0.2) is 0 Å². The molecule has 11 heteroatoms. The van der Waals surface area contributed by atoms with Gasteiger partial charge in [0, 0.05) is 19.2 Å². The molecule has 0 fully saturated rings. The SMILES string of the molecule is CCCCCCCCOCCOCCOCCOCCOCCOCCOCCOCCOc1ccc(NC(C)=O)cc1. The Balaban J connectivity index is 1.67. The third-order valence-corrected chi connectivity index (χ3v) is 5.92. The van der Waals surface area contributed by atoms with E-state index in [4.69, 9.17) is 42.6 Å². The first-order chi connectivity index (χ1) is 21.2. The number of unbranched alkanes of at least 4 members (excludes halogenated alkanes) is 5. The Morgan fingerprint density at radius 3 is 1.23 bits per heavy atom. The molecular weight excluding hydrogens is 558 g/mol. The van der Waals surface area contributed by atoms with E-state index in [2.05, 4.69) is 12.2 Å². The Morgan fingerprint density at radius 1 is 0.488 bits per heavy atom. The topological polar surface area (TPSA) is 112 Å². The van der Waals surface area contributed by atoms with Crippen molar-refractivity contribution in [1.29, 1.82) is 0 Å². The summed E-state index contributed by atoms with van der Waals surface area (Å²) in [5.74, 6) is 0.619. The van der Waals surface area contributed by atoms with E-state index in [0.717, 1.165) is 24.5 Å². The minimum absolute atomic E-state index is 0.104. The molecule has 1 aromatic carbocycles. The van der Waals surface area contributed by atoms with Gasteiger partial charge in [-0.05, 0) is 30.7 Å². The summed E-state index contributed by atoms with van der Waals surface area (Å²) in [5, 5.41) is 2.71. The fourth-order valence-corrected chi connectivity index (χ4v) is 3.68. The number of anilines is 1. The zero-order valence-electron chi connectivity index (χ0n) is 26.7. The summed E-state index contributed by atoms with van der Waals surface area (Å²) >= 11 is 0. The molecule has 1 N–H and O–H groups in total. The molecule has 1 rings (SSSR count). The summed E-state index contributed by atoms with van der Waals surface area (Å²) in [6, 6.07) is 7.19. The molecule has 0 spiro atoms. The number of carbonyl (C=O) groups excluding carboxylic acids is 1. The van der Waals surface area contributed by atoms with Gasteiger partial charge >= 0.3 is 0 Å². The zero-order valence-corrected chi connectivity index (χ0v) is 26.7. The van der Waals surface area contributed by atoms with E-state index < -0.39 is 0 Å². The highest BCUT2D eigenvalue weighted by Gasteiger charge is 1.99. The second kappa shape index (κ2) is 31.6. The summed E-state index contributed by atoms with van der Waals surface area (Å²) in [7, 11) is 0. The summed E-state index contributed by atoms with van der Waals surface area (Å²) in [4.78, 5) is 11.0. The van der Waals surface area contributed by atoms with Gasteiger partial charge in [0.1, 0.15) is 12.4 Å². The number of benzene rings is 1. The maximum atomic E-state index is 11.0. The maximum absolute atomic E-state index is 11.0. The normalized spacial score (nSPS) is 11.2. The summed E-state index contributed by atoms with van der Waals surface area (Å²) in [6.07, 6.45) is 7.67. The standard InChI is InChI=1S/C32H57NO10/c1-3-4-5-6-7-8-13-35-14-15-36-16-17-37-18-19-38-20-21-39-22-23-40-24-25-41-26-27-42-28-29-43-32-11-9-31(10-12-32)33-30(2)34/h9-12H,3-8,13-29H2,1-2H3,(H,33,34). The average molecular weight is 616 g/mol. The van der Waals surface area contributed by atoms with Crippen molar-refractivity contribution in [2.75, 3.05) is 118 Å². The van der Waals surface area contributed by atoms with Crippen LogP contribution in [0.2, 0.25) is 0 Å². The van der Waals surface area contributed by atoms with Crippen LogP contribution in [0, 0.1) is 0 Å². The maximum Gasteiger partial charge on any atom is 0.221 e. The van der Waals surface area contributed by atoms with E-state index >= 15 is 0 Å². The van der Waals surface area contributed by atoms with Gasteiger partial charge in [0.2, 0.25) is 5.91 Å². The van der Waals surface area contributed by atoms with Crippen LogP contribution in [0.1, 0.15) is 52.4 Å². The molecule has 0 bridgehead atoms. The highest BCUT2D eigenvalue weighted by molar-refractivity contribution is 5.88. The van der Waals surface area contributed by atoms with Crippen LogP contribution >= 0.6 is 0 Å². The van der Waals surface area contributed by atoms with Crippen LogP contribution < -0.4 is 10.1 Å². The minimum atomic E-state index is -0.104. The number of rotatable bonds is 33. The first-order valence-electron chi connectivity index (χ1n) is 15.8. The number of hydrogen-bond donors (Lipinski definition) is 1. The molecule has 0 aliphatic heterocycles. The highest BCUT2D eigenvalue weighted by Crippen LogP contribution is 2.15. The molecule has 0 aliphatic rings. The van der Waals surface area contributed by atoms with Gasteiger partial charge in [-0.25, -0.2) is 0 Å². The molecular formula is C32H57NO10. The quantitative estimate of drug-likeness (QED) is 0.113. The van der Waals surface area contributed by atoms with Crippen molar-refractivity contribution < 1.29 is 47.4 Å². The van der Waals surface area contributed by atoms with Crippen LogP contribution in [0.4, 0.5) is 5.69 Å². The molecule has 11 nitrogen and oxygen atoms in total. The van der Waals surface area contributed by atoms with Crippen LogP contribution in [0.25, 0.3) is 0 Å². The third-order valence-electron chi connectivity index (χ3n) is 5.92. The van der Waals surface area contributed by atoms with Gasteiger partial charge in [0.25, 0.3) is 0 Å². The fourth-order valence-electron chi connectivity index (χ4n) is 3.68. The Kier molecular flexibility index (Phi) is 28.8. The largest absolute Gasteiger partial charge is 0.491 e. The third kappa shape index (κ3) is 28.7. The van der Waals surface area contributed by atoms with Crippen molar-refractivity contribution in [1.82, 2.24) is 0 Å². The molecule has 0 unspecified atom stereocenters. The lowest BCUT2D eigenvalue weighted by Crippen LogP contribution is -2.15. The molecule has 0 saturated heterocycles. The molecule has 0 aromatic heterocycles. The van der Waals surface area contributed by atoms with Crippen molar-refractivity contribution in [3.8, 4) is 5.75 Å². The predicted octanol–water partition coefficient (Wildman–Crippen LogP) is 4.52. The van der Waals surface area contributed by atoms with E-state index in [1.165, 1.54) is 39.0 Å². The van der Waals surface area contributed by atoms with Crippen LogP contribution in [-0.2, 0) is 42.7 Å². The summed E-state index contributed by atoms with van der Waals surface area (Å²) in [5.41, 5.74) is 0.736. The van der Waals surface area contributed by atoms with E-state index in [9.17, 15) is 4.79 Å². The van der Waals surface area contributed by atoms with Crippen molar-refractivity contribution in [3.63, 3.8) is 0 Å². The van der Waals surface area contributed by atoms with E-state index in [1.807, 2.05) is 0 Å². The summed E-state index contributed by atoms with van der Waals surface area (Å²) in [6.45, 7) is 12.9. The van der Waals surface area contributed by atoms with Crippen LogP contribution in [0.3, 0.4) is 0 Å².